The summed E-state index contributed by atoms with van der Waals surface area (Å²) < 4.78 is 20.4. The monoisotopic (exact) mass is 491 g/mol. The van der Waals surface area contributed by atoms with Crippen molar-refractivity contribution in [3.05, 3.63) is 76.4 Å². The van der Waals surface area contributed by atoms with Gasteiger partial charge in [-0.1, -0.05) is 25.1 Å². The number of aliphatic imine (C=N–C) groups is 1. The minimum atomic E-state index is -0.685. The number of hydrogen-bond acceptors (Lipinski definition) is 6. The molecule has 0 aliphatic carbocycles. The van der Waals surface area contributed by atoms with Crippen molar-refractivity contribution in [2.45, 2.75) is 13.3 Å². The second-order valence-electron chi connectivity index (χ2n) is 8.15. The third-order valence-corrected chi connectivity index (χ3v) is 5.87. The number of H-pyrrole nitrogens is 1. The lowest BCUT2D eigenvalue weighted by molar-refractivity contribution is -0.125. The van der Waals surface area contributed by atoms with E-state index >= 15 is 0 Å². The summed E-state index contributed by atoms with van der Waals surface area (Å²) in [7, 11) is 1.57. The van der Waals surface area contributed by atoms with Crippen LogP contribution in [0, 0.1) is 5.82 Å². The van der Waals surface area contributed by atoms with Crippen LogP contribution >= 0.6 is 0 Å². The van der Waals surface area contributed by atoms with Crippen LogP contribution in [0.25, 0.3) is 10.8 Å². The van der Waals surface area contributed by atoms with Crippen molar-refractivity contribution in [1.82, 2.24) is 20.0 Å². The summed E-state index contributed by atoms with van der Waals surface area (Å²) in [5.74, 6) is -1.05. The van der Waals surface area contributed by atoms with Crippen LogP contribution in [-0.2, 0) is 4.79 Å². The van der Waals surface area contributed by atoms with Gasteiger partial charge in [-0.05, 0) is 42.8 Å². The maximum absolute atomic E-state index is 14.6. The van der Waals surface area contributed by atoms with E-state index in [9.17, 15) is 18.8 Å². The number of allylic oxidation sites excluding steroid dienone is 1. The second-order valence-corrected chi connectivity index (χ2v) is 8.15. The van der Waals surface area contributed by atoms with Crippen LogP contribution < -0.4 is 10.3 Å². The Labute approximate surface area is 206 Å². The molecule has 186 valence electrons. The summed E-state index contributed by atoms with van der Waals surface area (Å²) in [6.07, 6.45) is 4.35. The molecule has 1 saturated heterocycles. The van der Waals surface area contributed by atoms with Gasteiger partial charge in [0.05, 0.1) is 16.3 Å². The highest BCUT2D eigenvalue weighted by Gasteiger charge is 2.28. The highest BCUT2D eigenvalue weighted by Crippen LogP contribution is 2.27. The Kier molecular flexibility index (Phi) is 7.53. The van der Waals surface area contributed by atoms with Crippen molar-refractivity contribution in [1.29, 1.82) is 0 Å². The van der Waals surface area contributed by atoms with E-state index in [-0.39, 0.29) is 41.7 Å². The van der Waals surface area contributed by atoms with Gasteiger partial charge >= 0.3 is 0 Å². The zero-order valence-electron chi connectivity index (χ0n) is 20.0. The van der Waals surface area contributed by atoms with Gasteiger partial charge in [-0.2, -0.15) is 0 Å². The lowest BCUT2D eigenvalue weighted by Crippen LogP contribution is -2.52. The van der Waals surface area contributed by atoms with Crippen LogP contribution in [0.3, 0.4) is 0 Å². The first-order valence-electron chi connectivity index (χ1n) is 11.6. The molecule has 4 rings (SSSR count). The summed E-state index contributed by atoms with van der Waals surface area (Å²) >= 11 is 0. The summed E-state index contributed by atoms with van der Waals surface area (Å²) in [4.78, 5) is 45.0. The van der Waals surface area contributed by atoms with E-state index in [0.29, 0.717) is 29.6 Å². The molecule has 1 N–H and O–H groups in total. The maximum atomic E-state index is 14.6. The zero-order chi connectivity index (χ0) is 25.7. The number of aromatic amines is 1. The van der Waals surface area contributed by atoms with Crippen molar-refractivity contribution in [3.63, 3.8) is 0 Å². The van der Waals surface area contributed by atoms with Gasteiger partial charge in [-0.3, -0.25) is 19.4 Å². The molecular formula is C26H26FN5O4. The molecule has 3 aromatic rings. The number of aromatic nitrogens is 2. The smallest absolute Gasteiger partial charge is 0.272 e. The van der Waals surface area contributed by atoms with Gasteiger partial charge in [0.25, 0.3) is 17.4 Å². The highest BCUT2D eigenvalue weighted by atomic mass is 19.1. The van der Waals surface area contributed by atoms with E-state index in [4.69, 9.17) is 4.74 Å². The Morgan fingerprint density at radius 1 is 1.11 bits per heavy atom. The molecule has 0 saturated carbocycles. The second kappa shape index (κ2) is 10.9. The number of nitrogens with one attached hydrogen (secondary N) is 1. The van der Waals surface area contributed by atoms with E-state index in [1.807, 2.05) is 13.0 Å². The van der Waals surface area contributed by atoms with Crippen LogP contribution in [0.5, 0.6) is 11.6 Å². The topological polar surface area (TPSA) is 108 Å². The van der Waals surface area contributed by atoms with Gasteiger partial charge in [0.15, 0.2) is 0 Å². The molecule has 0 radical (unpaired) electrons. The molecule has 10 heteroatoms. The quantitative estimate of drug-likeness (QED) is 0.533. The SMILES string of the molecule is CC/C=C\C(=NC)C(=O)N1CCN(C(=O)c2cc(Oc3n[nH]c(=O)c4ccccc34)ccc2F)CC1. The molecule has 0 bridgehead atoms. The number of nitrogens with zero attached hydrogens (tertiary/aromatic N) is 4. The fraction of sp³-hybridized carbons (Fsp3) is 0.269. The molecule has 9 nitrogen and oxygen atoms in total. The van der Waals surface area contributed by atoms with Crippen LogP contribution in [-0.4, -0.2) is 70.7 Å². The van der Waals surface area contributed by atoms with Crippen molar-refractivity contribution in [2.75, 3.05) is 33.2 Å². The number of piperazine rings is 1. The number of fused-ring (bicyclic) bond motifs is 1. The normalized spacial score (nSPS) is 14.5. The van der Waals surface area contributed by atoms with E-state index in [1.165, 1.54) is 17.0 Å². The minimum Gasteiger partial charge on any atom is -0.437 e. The van der Waals surface area contributed by atoms with E-state index in [2.05, 4.69) is 15.2 Å². The van der Waals surface area contributed by atoms with Gasteiger partial charge in [0.1, 0.15) is 17.3 Å². The summed E-state index contributed by atoms with van der Waals surface area (Å²) in [5.41, 5.74) is -0.150. The van der Waals surface area contributed by atoms with Gasteiger partial charge < -0.3 is 14.5 Å². The Balaban J connectivity index is 1.48. The van der Waals surface area contributed by atoms with Gasteiger partial charge in [0.2, 0.25) is 5.88 Å². The average Bonchev–Trinajstić information content (AvgIpc) is 2.91. The molecule has 1 aliphatic rings. The molecule has 0 spiro atoms. The number of benzene rings is 2. The Bertz CT molecular complexity index is 1410. The van der Waals surface area contributed by atoms with Gasteiger partial charge in [-0.25, -0.2) is 9.49 Å². The molecule has 36 heavy (non-hydrogen) atoms. The number of rotatable bonds is 6. The van der Waals surface area contributed by atoms with Crippen molar-refractivity contribution >= 4 is 28.3 Å². The van der Waals surface area contributed by atoms with Crippen molar-refractivity contribution < 1.29 is 18.7 Å². The molecular weight excluding hydrogens is 465 g/mol. The third-order valence-electron chi connectivity index (χ3n) is 5.87. The molecule has 2 aromatic carbocycles. The molecule has 1 fully saturated rings. The van der Waals surface area contributed by atoms with Crippen LogP contribution in [0.4, 0.5) is 4.39 Å². The first kappa shape index (κ1) is 24.8. The van der Waals surface area contributed by atoms with Crippen molar-refractivity contribution in [3.8, 4) is 11.6 Å². The molecule has 1 aromatic heterocycles. The third kappa shape index (κ3) is 5.17. The standard InChI is InChI=1S/C26H26FN5O4/c1-3-4-9-22(28-2)26(35)32-14-12-31(13-15-32)25(34)20-16-17(10-11-21(20)27)36-24-19-8-6-5-7-18(19)23(33)29-30-24/h4-11,16H,3,12-15H2,1-2H3,(H,29,33)/b9-4-,28-22?. The van der Waals surface area contributed by atoms with Gasteiger partial charge in [-0.15, -0.1) is 5.10 Å². The first-order chi connectivity index (χ1) is 17.4. The lowest BCUT2D eigenvalue weighted by Gasteiger charge is -2.34. The van der Waals surface area contributed by atoms with Crippen LogP contribution in [0.1, 0.15) is 23.7 Å². The van der Waals surface area contributed by atoms with Crippen molar-refractivity contribution in [2.24, 2.45) is 4.99 Å². The number of ether oxygens (including phenoxy) is 1. The molecule has 0 atom stereocenters. The number of carbonyl (C=O) groups is 2. The molecule has 2 heterocycles. The Morgan fingerprint density at radius 3 is 2.50 bits per heavy atom. The fourth-order valence-electron chi connectivity index (χ4n) is 3.93. The summed E-state index contributed by atoms with van der Waals surface area (Å²) in [6, 6.07) is 10.7. The fourth-order valence-corrected chi connectivity index (χ4v) is 3.93. The largest absolute Gasteiger partial charge is 0.437 e. The van der Waals surface area contributed by atoms with E-state index < -0.39 is 11.7 Å². The molecule has 1 aliphatic heterocycles. The zero-order valence-corrected chi connectivity index (χ0v) is 20.0. The van der Waals surface area contributed by atoms with Gasteiger partial charge in [0, 0.05) is 33.2 Å². The number of carbonyl (C=O) groups excluding carboxylic acids is 2. The Hall–Kier alpha value is -4.34. The number of amides is 2. The highest BCUT2D eigenvalue weighted by molar-refractivity contribution is 6.43. The van der Waals surface area contributed by atoms with Crippen LogP contribution in [0.15, 0.2) is 64.4 Å². The first-order valence-corrected chi connectivity index (χ1v) is 11.6. The van der Waals surface area contributed by atoms with E-state index in [0.717, 1.165) is 12.5 Å². The predicted octanol–water partition coefficient (Wildman–Crippen LogP) is 3.18. The van der Waals surface area contributed by atoms with Crippen LogP contribution in [0.2, 0.25) is 0 Å². The molecule has 0 unspecified atom stereocenters. The summed E-state index contributed by atoms with van der Waals surface area (Å²) in [5, 5.41) is 7.21. The van der Waals surface area contributed by atoms with E-state index in [1.54, 1.807) is 42.3 Å². The maximum Gasteiger partial charge on any atom is 0.272 e. The lowest BCUT2D eigenvalue weighted by atomic mass is 10.1. The average molecular weight is 492 g/mol. The molecule has 2 amide bonds. The number of hydrogen-bond donors (Lipinski definition) is 1. The number of halogens is 1. The summed E-state index contributed by atoms with van der Waals surface area (Å²) in [6.45, 7) is 3.12. The Morgan fingerprint density at radius 2 is 1.81 bits per heavy atom. The minimum absolute atomic E-state index is 0.132. The predicted molar refractivity (Wildman–Crippen MR) is 134 cm³/mol.